The lowest BCUT2D eigenvalue weighted by Crippen LogP contribution is -2.46. The molecule has 0 bridgehead atoms. The number of carbonyl (C=O) groups is 2. The van der Waals surface area contributed by atoms with E-state index in [-0.39, 0.29) is 24.5 Å². The van der Waals surface area contributed by atoms with Crippen LogP contribution < -0.4 is 15.4 Å². The Balaban J connectivity index is 1.91. The van der Waals surface area contributed by atoms with Crippen molar-refractivity contribution >= 4 is 17.5 Å². The molecule has 2 amide bonds. The highest BCUT2D eigenvalue weighted by Crippen LogP contribution is 2.18. The van der Waals surface area contributed by atoms with Gasteiger partial charge in [-0.25, -0.2) is 0 Å². The molecule has 0 aromatic heterocycles. The zero-order chi connectivity index (χ0) is 16.7. The second-order valence-electron chi connectivity index (χ2n) is 5.29. The first-order chi connectivity index (χ1) is 11.1. The van der Waals surface area contributed by atoms with Gasteiger partial charge in [-0.15, -0.1) is 0 Å². The minimum absolute atomic E-state index is 0.0395. The molecule has 0 aliphatic carbocycles. The summed E-state index contributed by atoms with van der Waals surface area (Å²) in [4.78, 5) is 25.4. The molecule has 0 spiro atoms. The minimum Gasteiger partial charge on any atom is -0.484 e. The van der Waals surface area contributed by atoms with Gasteiger partial charge in [0.1, 0.15) is 11.8 Å². The number of carbonyl (C=O) groups excluding carboxylic acids is 2. The van der Waals surface area contributed by atoms with Gasteiger partial charge in [0.05, 0.1) is 13.2 Å². The van der Waals surface area contributed by atoms with Crippen LogP contribution in [0.4, 0.5) is 5.69 Å². The van der Waals surface area contributed by atoms with E-state index >= 15 is 0 Å². The number of rotatable bonds is 6. The Hall–Kier alpha value is -2.28. The van der Waals surface area contributed by atoms with Crippen molar-refractivity contribution in [3.8, 4) is 5.75 Å². The van der Waals surface area contributed by atoms with Crippen LogP contribution in [0.1, 0.15) is 6.92 Å². The fraction of sp³-hybridized carbons (Fsp3) is 0.500. The van der Waals surface area contributed by atoms with E-state index in [1.54, 1.807) is 24.1 Å². The molecule has 1 fully saturated rings. The number of morpholine rings is 1. The van der Waals surface area contributed by atoms with Crippen molar-refractivity contribution in [1.82, 2.24) is 10.2 Å². The third-order valence-corrected chi connectivity index (χ3v) is 3.56. The van der Waals surface area contributed by atoms with Crippen LogP contribution in [0, 0.1) is 0 Å². The quantitative estimate of drug-likeness (QED) is 0.796. The van der Waals surface area contributed by atoms with Crippen LogP contribution in [0.2, 0.25) is 0 Å². The van der Waals surface area contributed by atoms with E-state index in [0.29, 0.717) is 32.1 Å². The lowest BCUT2D eigenvalue weighted by atomic mass is 10.2. The maximum absolute atomic E-state index is 12.4. The zero-order valence-electron chi connectivity index (χ0n) is 13.5. The normalized spacial score (nSPS) is 15.7. The summed E-state index contributed by atoms with van der Waals surface area (Å²) in [6.45, 7) is 4.21. The molecule has 126 valence electrons. The van der Waals surface area contributed by atoms with Crippen molar-refractivity contribution in [2.45, 2.75) is 13.0 Å². The van der Waals surface area contributed by atoms with Crippen molar-refractivity contribution < 1.29 is 19.1 Å². The summed E-state index contributed by atoms with van der Waals surface area (Å²) in [6.07, 6.45) is 0. The van der Waals surface area contributed by atoms with Gasteiger partial charge in [-0.05, 0) is 19.1 Å². The van der Waals surface area contributed by atoms with Gasteiger partial charge >= 0.3 is 0 Å². The van der Waals surface area contributed by atoms with Crippen LogP contribution in [-0.4, -0.2) is 62.7 Å². The van der Waals surface area contributed by atoms with E-state index in [9.17, 15) is 9.59 Å². The van der Waals surface area contributed by atoms with Crippen molar-refractivity contribution in [2.75, 3.05) is 45.3 Å². The standard InChI is InChI=1S/C16H23N3O4/c1-12(16(21)19-6-8-22-9-7-19)18-13-4-3-5-14(10-13)23-11-15(20)17-2/h3-5,10,12,18H,6-9,11H2,1-2H3,(H,17,20)/t12-/m0/s1. The predicted molar refractivity (Wildman–Crippen MR) is 86.5 cm³/mol. The molecule has 2 N–H and O–H groups in total. The Morgan fingerprint density at radius 3 is 2.78 bits per heavy atom. The molecule has 23 heavy (non-hydrogen) atoms. The highest BCUT2D eigenvalue weighted by atomic mass is 16.5. The Morgan fingerprint density at radius 2 is 2.09 bits per heavy atom. The van der Waals surface area contributed by atoms with Crippen LogP contribution in [-0.2, 0) is 14.3 Å². The van der Waals surface area contributed by atoms with E-state index in [1.165, 1.54) is 0 Å². The molecule has 7 heteroatoms. The van der Waals surface area contributed by atoms with Gasteiger partial charge in [0.2, 0.25) is 5.91 Å². The average Bonchev–Trinajstić information content (AvgIpc) is 2.60. The number of nitrogens with one attached hydrogen (secondary N) is 2. The van der Waals surface area contributed by atoms with Crippen LogP contribution in [0.5, 0.6) is 5.75 Å². The molecule has 0 unspecified atom stereocenters. The Labute approximate surface area is 135 Å². The first-order valence-electron chi connectivity index (χ1n) is 7.66. The molecule has 1 aromatic rings. The van der Waals surface area contributed by atoms with E-state index in [2.05, 4.69) is 10.6 Å². The number of benzene rings is 1. The largest absolute Gasteiger partial charge is 0.484 e. The zero-order valence-corrected chi connectivity index (χ0v) is 13.5. The molecular formula is C16H23N3O4. The summed E-state index contributed by atoms with van der Waals surface area (Å²) in [7, 11) is 1.56. The SMILES string of the molecule is CNC(=O)COc1cccc(N[C@@H](C)C(=O)N2CCOCC2)c1. The predicted octanol–water partition coefficient (Wildman–Crippen LogP) is 0.471. The highest BCUT2D eigenvalue weighted by Gasteiger charge is 2.22. The van der Waals surface area contributed by atoms with Gasteiger partial charge in [0.25, 0.3) is 5.91 Å². The lowest BCUT2D eigenvalue weighted by molar-refractivity contribution is -0.135. The number of ether oxygens (including phenoxy) is 2. The molecule has 1 aliphatic rings. The first-order valence-corrected chi connectivity index (χ1v) is 7.66. The third-order valence-electron chi connectivity index (χ3n) is 3.56. The Kier molecular flexibility index (Phi) is 6.22. The molecule has 7 nitrogen and oxygen atoms in total. The number of hydrogen-bond donors (Lipinski definition) is 2. The molecule has 1 aromatic carbocycles. The number of nitrogens with zero attached hydrogens (tertiary/aromatic N) is 1. The second-order valence-corrected chi connectivity index (χ2v) is 5.29. The Bertz CT molecular complexity index is 544. The van der Waals surface area contributed by atoms with E-state index in [4.69, 9.17) is 9.47 Å². The maximum Gasteiger partial charge on any atom is 0.257 e. The monoisotopic (exact) mass is 321 g/mol. The Morgan fingerprint density at radius 1 is 1.35 bits per heavy atom. The average molecular weight is 321 g/mol. The van der Waals surface area contributed by atoms with Gasteiger partial charge in [-0.2, -0.15) is 0 Å². The van der Waals surface area contributed by atoms with E-state index in [0.717, 1.165) is 5.69 Å². The molecule has 1 saturated heterocycles. The fourth-order valence-corrected chi connectivity index (χ4v) is 2.27. The third kappa shape index (κ3) is 5.14. The lowest BCUT2D eigenvalue weighted by Gasteiger charge is -2.29. The molecule has 1 heterocycles. The van der Waals surface area contributed by atoms with Gasteiger partial charge < -0.3 is 25.0 Å². The first kappa shape index (κ1) is 17.1. The van der Waals surface area contributed by atoms with E-state index in [1.807, 2.05) is 19.1 Å². The van der Waals surface area contributed by atoms with Gasteiger partial charge in [0.15, 0.2) is 6.61 Å². The molecule has 0 radical (unpaired) electrons. The summed E-state index contributed by atoms with van der Waals surface area (Å²) in [5, 5.41) is 5.66. The molecule has 0 saturated carbocycles. The summed E-state index contributed by atoms with van der Waals surface area (Å²) >= 11 is 0. The minimum atomic E-state index is -0.345. The molecule has 2 rings (SSSR count). The van der Waals surface area contributed by atoms with Crippen LogP contribution >= 0.6 is 0 Å². The van der Waals surface area contributed by atoms with Crippen molar-refractivity contribution in [2.24, 2.45) is 0 Å². The van der Waals surface area contributed by atoms with Crippen molar-refractivity contribution in [3.63, 3.8) is 0 Å². The summed E-state index contributed by atoms with van der Waals surface area (Å²) < 4.78 is 10.6. The maximum atomic E-state index is 12.4. The summed E-state index contributed by atoms with van der Waals surface area (Å²) in [5.74, 6) is 0.425. The molecule has 1 atom stereocenters. The van der Waals surface area contributed by atoms with Crippen LogP contribution in [0.15, 0.2) is 24.3 Å². The molecular weight excluding hydrogens is 298 g/mol. The van der Waals surface area contributed by atoms with Crippen molar-refractivity contribution in [3.05, 3.63) is 24.3 Å². The van der Waals surface area contributed by atoms with Crippen molar-refractivity contribution in [1.29, 1.82) is 0 Å². The smallest absolute Gasteiger partial charge is 0.257 e. The summed E-state index contributed by atoms with van der Waals surface area (Å²) in [5.41, 5.74) is 0.772. The second kappa shape index (κ2) is 8.38. The van der Waals surface area contributed by atoms with Crippen LogP contribution in [0.25, 0.3) is 0 Å². The summed E-state index contributed by atoms with van der Waals surface area (Å²) in [6, 6.07) is 6.86. The van der Waals surface area contributed by atoms with E-state index < -0.39 is 0 Å². The molecule has 1 aliphatic heterocycles. The number of anilines is 1. The number of amides is 2. The fourth-order valence-electron chi connectivity index (χ4n) is 2.27. The number of likely N-dealkylation sites (N-methyl/N-ethyl adjacent to an activating group) is 1. The highest BCUT2D eigenvalue weighted by molar-refractivity contribution is 5.84. The van der Waals surface area contributed by atoms with Gasteiger partial charge in [-0.3, -0.25) is 9.59 Å². The van der Waals surface area contributed by atoms with Gasteiger partial charge in [0, 0.05) is 31.9 Å². The van der Waals surface area contributed by atoms with Crippen LogP contribution in [0.3, 0.4) is 0 Å². The van der Waals surface area contributed by atoms with Gasteiger partial charge in [-0.1, -0.05) is 6.07 Å². The number of hydrogen-bond acceptors (Lipinski definition) is 5. The topological polar surface area (TPSA) is 79.9 Å².